The number of aryl methyl sites for hydroxylation is 1. The summed E-state index contributed by atoms with van der Waals surface area (Å²) in [5, 5.41) is 15.5. The summed E-state index contributed by atoms with van der Waals surface area (Å²) in [4.78, 5) is 21.1. The van der Waals surface area contributed by atoms with Crippen molar-refractivity contribution < 1.29 is 27.8 Å². The second kappa shape index (κ2) is 8.28. The number of hydrogen-bond donors (Lipinski definition) is 3. The van der Waals surface area contributed by atoms with E-state index < -0.39 is 12.5 Å². The lowest BCUT2D eigenvalue weighted by Gasteiger charge is -2.07. The molecular formula is C20H18F3N5O3S. The molecular weight excluding hydrogens is 447 g/mol. The highest BCUT2D eigenvalue weighted by Crippen LogP contribution is 2.33. The minimum absolute atomic E-state index is 0.138. The molecule has 0 spiro atoms. The van der Waals surface area contributed by atoms with Crippen LogP contribution in [0, 0.1) is 0 Å². The summed E-state index contributed by atoms with van der Waals surface area (Å²) < 4.78 is 43.6. The van der Waals surface area contributed by atoms with Crippen LogP contribution in [0.3, 0.4) is 0 Å². The van der Waals surface area contributed by atoms with Gasteiger partial charge in [0.05, 0.1) is 27.4 Å². The molecule has 1 atom stereocenters. The molecule has 4 rings (SSSR count). The molecule has 0 radical (unpaired) electrons. The fourth-order valence-electron chi connectivity index (χ4n) is 3.05. The van der Waals surface area contributed by atoms with Crippen molar-refractivity contribution in [2.75, 3.05) is 11.9 Å². The lowest BCUT2D eigenvalue weighted by Crippen LogP contribution is -2.30. The van der Waals surface area contributed by atoms with Crippen molar-refractivity contribution >= 4 is 49.6 Å². The molecule has 168 valence electrons. The zero-order chi connectivity index (χ0) is 23.0. The number of rotatable bonds is 6. The zero-order valence-electron chi connectivity index (χ0n) is 16.9. The standard InChI is InChI=1S/C20H18F3N5O3S/c1-10(29)9-24-17(30)11-3-6-15-14(7-11)25-18(28(15)2)27-19-26-13-5-4-12(8-16(13)32-19)31-20(21,22)23/h3-8,10,29H,9H2,1-2H3,(H,24,30)(H,25,26,27)/t10-/m0/s1. The van der Waals surface area contributed by atoms with Gasteiger partial charge >= 0.3 is 6.36 Å². The Labute approximate surface area is 183 Å². The highest BCUT2D eigenvalue weighted by molar-refractivity contribution is 7.22. The number of hydrogen-bond acceptors (Lipinski definition) is 7. The molecule has 0 saturated heterocycles. The fraction of sp³-hybridized carbons (Fsp3) is 0.250. The topological polar surface area (TPSA) is 101 Å². The number of carbonyl (C=O) groups excluding carboxylic acids is 1. The van der Waals surface area contributed by atoms with Gasteiger partial charge in [0, 0.05) is 25.2 Å². The first-order valence-electron chi connectivity index (χ1n) is 9.45. The van der Waals surface area contributed by atoms with Crippen LogP contribution in [0.25, 0.3) is 21.3 Å². The predicted octanol–water partition coefficient (Wildman–Crippen LogP) is 3.94. The summed E-state index contributed by atoms with van der Waals surface area (Å²) >= 11 is 1.16. The number of aliphatic hydroxyl groups excluding tert-OH is 1. The van der Waals surface area contributed by atoms with E-state index >= 15 is 0 Å². The van der Waals surface area contributed by atoms with Crippen LogP contribution in [0.2, 0.25) is 0 Å². The zero-order valence-corrected chi connectivity index (χ0v) is 17.7. The minimum atomic E-state index is -4.77. The number of ether oxygens (including phenoxy) is 1. The van der Waals surface area contributed by atoms with Gasteiger partial charge in [0.1, 0.15) is 5.75 Å². The van der Waals surface area contributed by atoms with E-state index in [1.54, 1.807) is 36.7 Å². The van der Waals surface area contributed by atoms with Crippen LogP contribution < -0.4 is 15.4 Å². The van der Waals surface area contributed by atoms with E-state index in [-0.39, 0.29) is 18.2 Å². The molecule has 2 aromatic carbocycles. The number of halogens is 3. The molecule has 8 nitrogen and oxygen atoms in total. The molecule has 2 heterocycles. The molecule has 0 fully saturated rings. The summed E-state index contributed by atoms with van der Waals surface area (Å²) in [6, 6.07) is 8.98. The number of nitrogens with one attached hydrogen (secondary N) is 2. The largest absolute Gasteiger partial charge is 0.573 e. The maximum Gasteiger partial charge on any atom is 0.573 e. The number of fused-ring (bicyclic) bond motifs is 2. The monoisotopic (exact) mass is 465 g/mol. The Balaban J connectivity index is 1.57. The number of aromatic nitrogens is 3. The highest BCUT2D eigenvalue weighted by atomic mass is 32.1. The Morgan fingerprint density at radius 3 is 2.72 bits per heavy atom. The average Bonchev–Trinajstić information content (AvgIpc) is 3.24. The van der Waals surface area contributed by atoms with E-state index in [1.807, 2.05) is 0 Å². The van der Waals surface area contributed by atoms with Crippen LogP contribution in [0.4, 0.5) is 24.3 Å². The van der Waals surface area contributed by atoms with Crippen molar-refractivity contribution in [3.8, 4) is 5.75 Å². The molecule has 0 bridgehead atoms. The summed E-state index contributed by atoms with van der Waals surface area (Å²) in [6.07, 6.45) is -5.42. The van der Waals surface area contributed by atoms with E-state index in [2.05, 4.69) is 25.3 Å². The quantitative estimate of drug-likeness (QED) is 0.399. The smallest absolute Gasteiger partial charge is 0.406 e. The van der Waals surface area contributed by atoms with Gasteiger partial charge < -0.3 is 25.0 Å². The van der Waals surface area contributed by atoms with Crippen LogP contribution in [0.5, 0.6) is 5.75 Å². The number of benzene rings is 2. The third-order valence-corrected chi connectivity index (χ3v) is 5.45. The fourth-order valence-corrected chi connectivity index (χ4v) is 3.93. The van der Waals surface area contributed by atoms with Gasteiger partial charge in [0.25, 0.3) is 5.91 Å². The van der Waals surface area contributed by atoms with Gasteiger partial charge in [-0.3, -0.25) is 4.79 Å². The number of thiazole rings is 1. The average molecular weight is 465 g/mol. The Morgan fingerprint density at radius 2 is 2.00 bits per heavy atom. The number of aliphatic hydroxyl groups is 1. The molecule has 0 aliphatic carbocycles. The van der Waals surface area contributed by atoms with Crippen LogP contribution in [0.1, 0.15) is 17.3 Å². The van der Waals surface area contributed by atoms with Crippen molar-refractivity contribution in [1.82, 2.24) is 19.9 Å². The minimum Gasteiger partial charge on any atom is -0.406 e. The van der Waals surface area contributed by atoms with Crippen molar-refractivity contribution in [3.63, 3.8) is 0 Å². The van der Waals surface area contributed by atoms with Crippen LogP contribution in [-0.4, -0.2) is 44.6 Å². The lowest BCUT2D eigenvalue weighted by atomic mass is 10.2. The molecule has 2 aromatic heterocycles. The van der Waals surface area contributed by atoms with E-state index in [9.17, 15) is 23.1 Å². The van der Waals surface area contributed by atoms with Gasteiger partial charge in [-0.05, 0) is 37.3 Å². The number of alkyl halides is 3. The summed E-state index contributed by atoms with van der Waals surface area (Å²) in [5.41, 5.74) is 2.26. The predicted molar refractivity (Wildman–Crippen MR) is 114 cm³/mol. The van der Waals surface area contributed by atoms with Gasteiger partial charge in [-0.2, -0.15) is 0 Å². The van der Waals surface area contributed by atoms with E-state index in [1.165, 1.54) is 18.2 Å². The molecule has 3 N–H and O–H groups in total. The molecule has 32 heavy (non-hydrogen) atoms. The Hall–Kier alpha value is -3.38. The van der Waals surface area contributed by atoms with Gasteiger partial charge in [-0.25, -0.2) is 9.97 Å². The van der Waals surface area contributed by atoms with Crippen LogP contribution in [0.15, 0.2) is 36.4 Å². The molecule has 1 amide bonds. The summed E-state index contributed by atoms with van der Waals surface area (Å²) in [6.45, 7) is 1.71. The second-order valence-corrected chi connectivity index (χ2v) is 8.11. The van der Waals surface area contributed by atoms with Crippen molar-refractivity contribution in [3.05, 3.63) is 42.0 Å². The Kier molecular flexibility index (Phi) is 5.65. The third kappa shape index (κ3) is 4.75. The Morgan fingerprint density at radius 1 is 1.22 bits per heavy atom. The summed E-state index contributed by atoms with van der Waals surface area (Å²) in [7, 11) is 1.79. The third-order valence-electron chi connectivity index (χ3n) is 4.51. The van der Waals surface area contributed by atoms with Gasteiger partial charge in [0.15, 0.2) is 5.13 Å². The van der Waals surface area contributed by atoms with Crippen LogP contribution >= 0.6 is 11.3 Å². The number of amides is 1. The van der Waals surface area contributed by atoms with E-state index in [0.717, 1.165) is 16.9 Å². The molecule has 0 aliphatic rings. The first kappa shape index (κ1) is 21.8. The Bertz CT molecular complexity index is 1300. The van der Waals surface area contributed by atoms with Gasteiger partial charge in [-0.15, -0.1) is 13.2 Å². The van der Waals surface area contributed by atoms with Crippen molar-refractivity contribution in [2.45, 2.75) is 19.4 Å². The summed E-state index contributed by atoms with van der Waals surface area (Å²) in [5.74, 6) is -0.187. The van der Waals surface area contributed by atoms with Gasteiger partial charge in [-0.1, -0.05) is 11.3 Å². The molecule has 0 saturated carbocycles. The first-order chi connectivity index (χ1) is 15.1. The van der Waals surface area contributed by atoms with Crippen molar-refractivity contribution in [1.29, 1.82) is 0 Å². The highest BCUT2D eigenvalue weighted by Gasteiger charge is 2.31. The molecule has 4 aromatic rings. The maximum atomic E-state index is 12.4. The van der Waals surface area contributed by atoms with E-state index in [4.69, 9.17) is 0 Å². The number of anilines is 2. The maximum absolute atomic E-state index is 12.4. The lowest BCUT2D eigenvalue weighted by molar-refractivity contribution is -0.274. The SMILES string of the molecule is C[C@H](O)CNC(=O)c1ccc2c(c1)nc(Nc1nc3ccc(OC(F)(F)F)cc3s1)n2C. The number of carbonyl (C=O) groups is 1. The second-order valence-electron chi connectivity index (χ2n) is 7.08. The van der Waals surface area contributed by atoms with Crippen LogP contribution in [-0.2, 0) is 7.05 Å². The van der Waals surface area contributed by atoms with Crippen molar-refractivity contribution in [2.24, 2.45) is 7.05 Å². The number of nitrogens with zero attached hydrogens (tertiary/aromatic N) is 3. The normalized spacial score (nSPS) is 12.8. The van der Waals surface area contributed by atoms with E-state index in [0.29, 0.717) is 32.4 Å². The molecule has 0 aliphatic heterocycles. The molecule has 12 heteroatoms. The number of imidazole rings is 1. The first-order valence-corrected chi connectivity index (χ1v) is 10.3. The molecule has 0 unspecified atom stereocenters. The van der Waals surface area contributed by atoms with Gasteiger partial charge in [0.2, 0.25) is 5.95 Å².